The Kier molecular flexibility index (Phi) is 8.28. The van der Waals surface area contributed by atoms with Crippen LogP contribution < -0.4 is 10.1 Å². The van der Waals surface area contributed by atoms with Gasteiger partial charge in [-0.3, -0.25) is 10.1 Å². The number of rotatable bonds is 9. The van der Waals surface area contributed by atoms with Crippen molar-refractivity contribution in [1.29, 1.82) is 0 Å². The molecule has 2 amide bonds. The fourth-order valence-electron chi connectivity index (χ4n) is 2.45. The number of imide groups is 1. The molecule has 2 aromatic carbocycles. The van der Waals surface area contributed by atoms with Crippen LogP contribution in [0.2, 0.25) is 0 Å². The maximum atomic E-state index is 12.1. The molecule has 0 bridgehead atoms. The summed E-state index contributed by atoms with van der Waals surface area (Å²) in [6.45, 7) is -0.0124. The fourth-order valence-corrected chi connectivity index (χ4v) is 2.45. The number of hydrogen-bond donors (Lipinski definition) is 3. The molecule has 3 N–H and O–H groups in total. The number of hydrogen-bond acceptors (Lipinski definition) is 6. The van der Waals surface area contributed by atoms with Gasteiger partial charge in [0.25, 0.3) is 5.91 Å². The first-order valence-electron chi connectivity index (χ1n) is 8.65. The summed E-state index contributed by atoms with van der Waals surface area (Å²) in [5.41, 5.74) is 1.02. The fraction of sp³-hybridized carbons (Fsp3) is 0.300. The van der Waals surface area contributed by atoms with Gasteiger partial charge in [0.15, 0.2) is 0 Å². The van der Waals surface area contributed by atoms with E-state index in [1.807, 2.05) is 0 Å². The average molecular weight is 373 g/mol. The second-order valence-electron chi connectivity index (χ2n) is 5.72. The van der Waals surface area contributed by atoms with Gasteiger partial charge in [-0.15, -0.1) is 0 Å². The van der Waals surface area contributed by atoms with Gasteiger partial charge in [-0.1, -0.05) is 30.3 Å². The third-order valence-electron chi connectivity index (χ3n) is 3.72. The summed E-state index contributed by atoms with van der Waals surface area (Å²) in [5, 5.41) is 20.1. The number of alkyl carbamates (subject to hydrolysis) is 1. The third-order valence-corrected chi connectivity index (χ3v) is 3.72. The molecule has 7 nitrogen and oxygen atoms in total. The van der Waals surface area contributed by atoms with E-state index in [1.165, 1.54) is 0 Å². The normalized spacial score (nSPS) is 11.5. The van der Waals surface area contributed by atoms with E-state index in [4.69, 9.17) is 19.7 Å². The first-order valence-corrected chi connectivity index (χ1v) is 8.65. The number of amides is 2. The van der Waals surface area contributed by atoms with Gasteiger partial charge >= 0.3 is 6.09 Å². The van der Waals surface area contributed by atoms with Crippen molar-refractivity contribution in [2.24, 2.45) is 0 Å². The smallest absolute Gasteiger partial charge is 0.414 e. The molecule has 0 spiro atoms. The van der Waals surface area contributed by atoms with Crippen molar-refractivity contribution in [3.63, 3.8) is 0 Å². The molecule has 0 aliphatic rings. The summed E-state index contributed by atoms with van der Waals surface area (Å²) in [6, 6.07) is 15.3. The molecule has 0 aliphatic heterocycles. The Labute approximate surface area is 157 Å². The van der Waals surface area contributed by atoms with Crippen LogP contribution >= 0.6 is 0 Å². The van der Waals surface area contributed by atoms with Crippen molar-refractivity contribution >= 4 is 12.0 Å². The summed E-state index contributed by atoms with van der Waals surface area (Å²) in [5.74, 6) is -0.0264. The van der Waals surface area contributed by atoms with E-state index in [0.717, 1.165) is 0 Å². The summed E-state index contributed by atoms with van der Waals surface area (Å²) in [4.78, 5) is 24.2. The van der Waals surface area contributed by atoms with Gasteiger partial charge in [-0.2, -0.15) is 0 Å². The number of aliphatic hydroxyl groups is 2. The van der Waals surface area contributed by atoms with Crippen LogP contribution in [0.5, 0.6) is 5.75 Å². The molecule has 0 aromatic heterocycles. The molecular formula is C20H23NO6. The Hall–Kier alpha value is -2.90. The second kappa shape index (κ2) is 10.9. The highest BCUT2D eigenvalue weighted by molar-refractivity contribution is 6.02. The predicted octanol–water partition coefficient (Wildman–Crippen LogP) is 2.44. The number of carbonyl (C=O) groups excluding carboxylic acids is 2. The van der Waals surface area contributed by atoms with Gasteiger partial charge in [-0.25, -0.2) is 4.79 Å². The van der Waals surface area contributed by atoms with Crippen molar-refractivity contribution in [2.45, 2.75) is 18.9 Å². The lowest BCUT2D eigenvalue weighted by Crippen LogP contribution is -2.32. The van der Waals surface area contributed by atoms with Gasteiger partial charge in [-0.05, 0) is 42.7 Å². The Bertz CT molecular complexity index is 734. The number of nitrogens with one attached hydrogen (secondary N) is 1. The molecule has 0 saturated carbocycles. The number of aliphatic hydroxyl groups excluding tert-OH is 2. The lowest BCUT2D eigenvalue weighted by molar-refractivity contribution is 0.0769. The van der Waals surface area contributed by atoms with E-state index in [1.54, 1.807) is 54.6 Å². The molecule has 1 atom stereocenters. The van der Waals surface area contributed by atoms with E-state index in [-0.39, 0.29) is 19.8 Å². The van der Waals surface area contributed by atoms with Crippen LogP contribution in [-0.2, 0) is 4.74 Å². The van der Waals surface area contributed by atoms with Crippen LogP contribution in [0.1, 0.15) is 34.9 Å². The molecule has 27 heavy (non-hydrogen) atoms. The highest BCUT2D eigenvalue weighted by Crippen LogP contribution is 2.26. The summed E-state index contributed by atoms with van der Waals surface area (Å²) in [6.07, 6.45) is -0.717. The minimum Gasteiger partial charge on any atom is -0.491 e. The minimum absolute atomic E-state index is 0.0505. The summed E-state index contributed by atoms with van der Waals surface area (Å²) in [7, 11) is 0. The van der Waals surface area contributed by atoms with Crippen molar-refractivity contribution in [2.75, 3.05) is 19.8 Å². The average Bonchev–Trinajstić information content (AvgIpc) is 2.70. The molecule has 144 valence electrons. The zero-order chi connectivity index (χ0) is 19.5. The first kappa shape index (κ1) is 20.4. The van der Waals surface area contributed by atoms with Gasteiger partial charge in [0.05, 0.1) is 6.61 Å². The first-order chi connectivity index (χ1) is 13.1. The van der Waals surface area contributed by atoms with E-state index < -0.39 is 18.1 Å². The Morgan fingerprint density at radius 2 is 1.78 bits per heavy atom. The van der Waals surface area contributed by atoms with Crippen molar-refractivity contribution in [1.82, 2.24) is 5.32 Å². The predicted molar refractivity (Wildman–Crippen MR) is 98.5 cm³/mol. The van der Waals surface area contributed by atoms with Crippen molar-refractivity contribution < 1.29 is 29.3 Å². The zero-order valence-corrected chi connectivity index (χ0v) is 14.8. The number of ether oxygens (including phenoxy) is 2. The molecule has 2 rings (SSSR count). The largest absolute Gasteiger partial charge is 0.491 e. The lowest BCUT2D eigenvalue weighted by Gasteiger charge is -2.19. The van der Waals surface area contributed by atoms with Gasteiger partial charge in [0.2, 0.25) is 0 Å². The molecule has 0 radical (unpaired) electrons. The molecule has 0 unspecified atom stereocenters. The highest BCUT2D eigenvalue weighted by Gasteiger charge is 2.19. The van der Waals surface area contributed by atoms with E-state index in [9.17, 15) is 9.59 Å². The summed E-state index contributed by atoms with van der Waals surface area (Å²) < 4.78 is 10.8. The second-order valence-corrected chi connectivity index (χ2v) is 5.72. The minimum atomic E-state index is -0.867. The monoisotopic (exact) mass is 373 g/mol. The van der Waals surface area contributed by atoms with Gasteiger partial charge < -0.3 is 19.7 Å². The topological polar surface area (TPSA) is 105 Å². The molecule has 2 aromatic rings. The van der Waals surface area contributed by atoms with Crippen molar-refractivity contribution in [3.05, 3.63) is 65.7 Å². The van der Waals surface area contributed by atoms with E-state index >= 15 is 0 Å². The Balaban J connectivity index is 2.05. The summed E-state index contributed by atoms with van der Waals surface area (Å²) >= 11 is 0. The number of benzene rings is 2. The zero-order valence-electron chi connectivity index (χ0n) is 14.8. The van der Waals surface area contributed by atoms with Gasteiger partial charge in [0.1, 0.15) is 18.5 Å². The quantitative estimate of drug-likeness (QED) is 0.624. The van der Waals surface area contributed by atoms with Crippen molar-refractivity contribution in [3.8, 4) is 5.75 Å². The Morgan fingerprint density at radius 3 is 2.48 bits per heavy atom. The molecule has 0 fully saturated rings. The van der Waals surface area contributed by atoms with Crippen LogP contribution in [0, 0.1) is 0 Å². The SMILES string of the molecule is O=C(NC(=O)c1ccccc1)O[C@H](CCCO)c1cccc(OCCO)c1. The third kappa shape index (κ3) is 6.73. The van der Waals surface area contributed by atoms with Crippen LogP contribution in [0.4, 0.5) is 4.79 Å². The molecular weight excluding hydrogens is 350 g/mol. The van der Waals surface area contributed by atoms with E-state index in [2.05, 4.69) is 5.32 Å². The lowest BCUT2D eigenvalue weighted by atomic mass is 10.0. The van der Waals surface area contributed by atoms with Crippen LogP contribution in [-0.4, -0.2) is 42.0 Å². The van der Waals surface area contributed by atoms with Crippen LogP contribution in [0.3, 0.4) is 0 Å². The van der Waals surface area contributed by atoms with Crippen LogP contribution in [0.25, 0.3) is 0 Å². The highest BCUT2D eigenvalue weighted by atomic mass is 16.6. The van der Waals surface area contributed by atoms with Crippen LogP contribution in [0.15, 0.2) is 54.6 Å². The maximum absolute atomic E-state index is 12.1. The molecule has 0 saturated heterocycles. The standard InChI is InChI=1S/C20H23NO6/c22-11-5-10-18(16-8-4-9-17(14-16)26-13-12-23)27-20(25)21-19(24)15-6-2-1-3-7-15/h1-4,6-9,14,18,22-23H,5,10-13H2,(H,21,24,25)/t18-/m1/s1. The molecule has 7 heteroatoms. The molecule has 0 heterocycles. The van der Waals surface area contributed by atoms with E-state index in [0.29, 0.717) is 29.7 Å². The van der Waals surface area contributed by atoms with Gasteiger partial charge in [0, 0.05) is 12.2 Å². The maximum Gasteiger partial charge on any atom is 0.414 e. The number of carbonyl (C=O) groups is 2. The molecule has 0 aliphatic carbocycles. The Morgan fingerprint density at radius 1 is 1.00 bits per heavy atom.